The maximum atomic E-state index is 12.8. The van der Waals surface area contributed by atoms with Gasteiger partial charge in [-0.15, -0.1) is 0 Å². The van der Waals surface area contributed by atoms with Crippen LogP contribution in [0.25, 0.3) is 0 Å². The maximum Gasteiger partial charge on any atom is 0.280 e. The number of amides is 1. The van der Waals surface area contributed by atoms with Crippen LogP contribution in [-0.2, 0) is 19.0 Å². The number of carbonyl (C=O) groups is 1. The molecule has 5 heteroatoms. The SMILES string of the molecule is Cc1cccc(C(=O)N=c2cc(C(C)(C)C)n(C)n2CC2CC2)c1Br. The van der Waals surface area contributed by atoms with Gasteiger partial charge in [-0.05, 0) is 53.2 Å². The minimum Gasteiger partial charge on any atom is -0.291 e. The van der Waals surface area contributed by atoms with E-state index in [-0.39, 0.29) is 11.3 Å². The standard InChI is InChI=1S/C20H26BrN3O/c1-13-7-6-8-15(18(13)21)19(25)22-17-11-16(20(2,3)4)23(5)24(17)12-14-9-10-14/h6-8,11,14H,9-10,12H2,1-5H3. The average Bonchev–Trinajstić information content (AvgIpc) is 3.28. The first-order chi connectivity index (χ1) is 11.7. The first-order valence-corrected chi connectivity index (χ1v) is 9.59. The number of aromatic nitrogens is 2. The zero-order chi connectivity index (χ0) is 18.4. The normalized spacial score (nSPS) is 15.7. The smallest absolute Gasteiger partial charge is 0.280 e. The molecule has 134 valence electrons. The number of halogens is 1. The quantitative estimate of drug-likeness (QED) is 0.750. The Hall–Kier alpha value is -1.62. The molecule has 1 aromatic carbocycles. The highest BCUT2D eigenvalue weighted by Crippen LogP contribution is 2.31. The van der Waals surface area contributed by atoms with Crippen molar-refractivity contribution in [3.63, 3.8) is 0 Å². The average molecular weight is 404 g/mol. The lowest BCUT2D eigenvalue weighted by Crippen LogP contribution is -2.26. The number of aryl methyl sites for hydroxylation is 1. The third-order valence-electron chi connectivity index (χ3n) is 4.78. The summed E-state index contributed by atoms with van der Waals surface area (Å²) < 4.78 is 5.14. The number of hydrogen-bond acceptors (Lipinski definition) is 1. The molecule has 1 saturated carbocycles. The van der Waals surface area contributed by atoms with Crippen LogP contribution in [0.4, 0.5) is 0 Å². The zero-order valence-corrected chi connectivity index (χ0v) is 17.2. The molecule has 0 unspecified atom stereocenters. The molecule has 0 saturated heterocycles. The molecule has 1 heterocycles. The highest BCUT2D eigenvalue weighted by atomic mass is 79.9. The largest absolute Gasteiger partial charge is 0.291 e. The third-order valence-corrected chi connectivity index (χ3v) is 5.83. The fraction of sp³-hybridized carbons (Fsp3) is 0.500. The molecule has 1 fully saturated rings. The van der Waals surface area contributed by atoms with E-state index in [0.29, 0.717) is 11.5 Å². The van der Waals surface area contributed by atoms with Crippen LogP contribution in [0, 0.1) is 12.8 Å². The third kappa shape index (κ3) is 3.81. The molecule has 1 amide bonds. The Balaban J connectivity index is 2.09. The van der Waals surface area contributed by atoms with Gasteiger partial charge in [0.25, 0.3) is 5.91 Å². The van der Waals surface area contributed by atoms with Gasteiger partial charge in [0.1, 0.15) is 0 Å². The fourth-order valence-electron chi connectivity index (χ4n) is 3.10. The lowest BCUT2D eigenvalue weighted by Gasteiger charge is -2.20. The second-order valence-electron chi connectivity index (χ2n) is 8.04. The molecule has 0 aliphatic heterocycles. The van der Waals surface area contributed by atoms with Crippen molar-refractivity contribution in [3.05, 3.63) is 51.0 Å². The Kier molecular flexibility index (Phi) is 4.80. The van der Waals surface area contributed by atoms with E-state index in [0.717, 1.165) is 22.1 Å². The number of benzene rings is 1. The first-order valence-electron chi connectivity index (χ1n) is 8.80. The Bertz CT molecular complexity index is 879. The van der Waals surface area contributed by atoms with E-state index >= 15 is 0 Å². The zero-order valence-electron chi connectivity index (χ0n) is 15.6. The summed E-state index contributed by atoms with van der Waals surface area (Å²) in [7, 11) is 2.06. The van der Waals surface area contributed by atoms with Crippen LogP contribution in [0.15, 0.2) is 33.7 Å². The van der Waals surface area contributed by atoms with Crippen molar-refractivity contribution < 1.29 is 4.79 Å². The van der Waals surface area contributed by atoms with Gasteiger partial charge < -0.3 is 0 Å². The summed E-state index contributed by atoms with van der Waals surface area (Å²) in [5.74, 6) is 0.507. The summed E-state index contributed by atoms with van der Waals surface area (Å²) >= 11 is 3.52. The van der Waals surface area contributed by atoms with Gasteiger partial charge in [0, 0.05) is 35.2 Å². The van der Waals surface area contributed by atoms with Crippen molar-refractivity contribution in [2.75, 3.05) is 0 Å². The molecule has 25 heavy (non-hydrogen) atoms. The lowest BCUT2D eigenvalue weighted by atomic mass is 9.92. The van der Waals surface area contributed by atoms with Crippen molar-refractivity contribution in [2.45, 2.75) is 52.5 Å². The molecular formula is C20H26BrN3O. The molecule has 2 aromatic rings. The predicted octanol–water partition coefficient (Wildman–Crippen LogP) is 4.35. The van der Waals surface area contributed by atoms with E-state index in [2.05, 4.69) is 64.2 Å². The molecule has 3 rings (SSSR count). The minimum absolute atomic E-state index is 0.000781. The maximum absolute atomic E-state index is 12.8. The second-order valence-corrected chi connectivity index (χ2v) is 8.83. The van der Waals surface area contributed by atoms with Crippen LogP contribution in [0.5, 0.6) is 0 Å². The first kappa shape index (κ1) is 18.2. The highest BCUT2D eigenvalue weighted by molar-refractivity contribution is 9.10. The van der Waals surface area contributed by atoms with Gasteiger partial charge in [-0.3, -0.25) is 14.2 Å². The van der Waals surface area contributed by atoms with Crippen LogP contribution < -0.4 is 5.49 Å². The molecule has 1 aliphatic rings. The van der Waals surface area contributed by atoms with Crippen LogP contribution in [0.3, 0.4) is 0 Å². The summed E-state index contributed by atoms with van der Waals surface area (Å²) in [5, 5.41) is 0. The summed E-state index contributed by atoms with van der Waals surface area (Å²) in [6.45, 7) is 9.47. The molecule has 0 atom stereocenters. The molecule has 1 aliphatic carbocycles. The Morgan fingerprint density at radius 2 is 2.00 bits per heavy atom. The molecule has 0 radical (unpaired) electrons. The van der Waals surface area contributed by atoms with E-state index in [4.69, 9.17) is 0 Å². The van der Waals surface area contributed by atoms with Crippen molar-refractivity contribution in [2.24, 2.45) is 18.0 Å². The van der Waals surface area contributed by atoms with Crippen LogP contribution in [0.2, 0.25) is 0 Å². The Morgan fingerprint density at radius 1 is 1.32 bits per heavy atom. The van der Waals surface area contributed by atoms with E-state index in [1.165, 1.54) is 18.5 Å². The molecular weight excluding hydrogens is 378 g/mol. The van der Waals surface area contributed by atoms with E-state index < -0.39 is 0 Å². The van der Waals surface area contributed by atoms with Crippen LogP contribution in [-0.4, -0.2) is 15.3 Å². The molecule has 0 bridgehead atoms. The number of carbonyl (C=O) groups excluding carboxylic acids is 1. The summed E-state index contributed by atoms with van der Waals surface area (Å²) in [6, 6.07) is 7.76. The van der Waals surface area contributed by atoms with E-state index in [1.807, 2.05) is 25.1 Å². The fourth-order valence-corrected chi connectivity index (χ4v) is 3.54. The molecule has 0 spiro atoms. The van der Waals surface area contributed by atoms with Gasteiger partial charge in [0.05, 0.1) is 5.56 Å². The van der Waals surface area contributed by atoms with E-state index in [1.54, 1.807) is 0 Å². The van der Waals surface area contributed by atoms with Crippen LogP contribution >= 0.6 is 15.9 Å². The van der Waals surface area contributed by atoms with Gasteiger partial charge in [0.15, 0.2) is 5.49 Å². The highest BCUT2D eigenvalue weighted by Gasteiger charge is 2.26. The van der Waals surface area contributed by atoms with Crippen molar-refractivity contribution in [3.8, 4) is 0 Å². The van der Waals surface area contributed by atoms with Gasteiger partial charge >= 0.3 is 0 Å². The summed E-state index contributed by atoms with van der Waals surface area (Å²) in [4.78, 5) is 17.3. The number of nitrogens with zero attached hydrogens (tertiary/aromatic N) is 3. The summed E-state index contributed by atoms with van der Waals surface area (Å²) in [5.41, 5.74) is 3.58. The summed E-state index contributed by atoms with van der Waals surface area (Å²) in [6.07, 6.45) is 2.53. The Labute approximate surface area is 157 Å². The monoisotopic (exact) mass is 403 g/mol. The number of hydrogen-bond donors (Lipinski definition) is 0. The second kappa shape index (κ2) is 6.60. The molecule has 1 aromatic heterocycles. The number of rotatable bonds is 3. The van der Waals surface area contributed by atoms with E-state index in [9.17, 15) is 4.79 Å². The molecule has 0 N–H and O–H groups in total. The van der Waals surface area contributed by atoms with Gasteiger partial charge in [-0.25, -0.2) is 0 Å². The van der Waals surface area contributed by atoms with Crippen molar-refractivity contribution in [1.82, 2.24) is 9.36 Å². The lowest BCUT2D eigenvalue weighted by molar-refractivity contribution is 0.0996. The Morgan fingerprint density at radius 3 is 2.60 bits per heavy atom. The van der Waals surface area contributed by atoms with Crippen LogP contribution in [0.1, 0.15) is 55.2 Å². The van der Waals surface area contributed by atoms with Gasteiger partial charge in [-0.1, -0.05) is 32.9 Å². The molecule has 4 nitrogen and oxygen atoms in total. The van der Waals surface area contributed by atoms with Crippen molar-refractivity contribution >= 4 is 21.8 Å². The minimum atomic E-state index is -0.203. The van der Waals surface area contributed by atoms with Gasteiger partial charge in [-0.2, -0.15) is 4.99 Å². The predicted molar refractivity (Wildman–Crippen MR) is 104 cm³/mol. The topological polar surface area (TPSA) is 39.3 Å². The van der Waals surface area contributed by atoms with Crippen molar-refractivity contribution in [1.29, 1.82) is 0 Å². The van der Waals surface area contributed by atoms with Gasteiger partial charge in [0.2, 0.25) is 0 Å².